The van der Waals surface area contributed by atoms with Gasteiger partial charge in [0, 0.05) is 18.0 Å². The molecule has 4 N–H and O–H groups in total. The first-order chi connectivity index (χ1) is 6.39. The van der Waals surface area contributed by atoms with Gasteiger partial charge in [-0.1, -0.05) is 0 Å². The summed E-state index contributed by atoms with van der Waals surface area (Å²) in [6, 6.07) is -0.429. The zero-order valence-electron chi connectivity index (χ0n) is 7.39. The molecule has 2 aliphatic rings. The smallest absolute Gasteiger partial charge is 0.256 e. The lowest BCUT2D eigenvalue weighted by Gasteiger charge is -2.35. The van der Waals surface area contributed by atoms with Crippen molar-refractivity contribution in [3.8, 4) is 0 Å². The van der Waals surface area contributed by atoms with Gasteiger partial charge in [-0.05, 0) is 12.8 Å². The van der Waals surface area contributed by atoms with E-state index in [0.29, 0.717) is 6.42 Å². The maximum Gasteiger partial charge on any atom is 0.256 e. The standard InChI is InChI=1S/C8H12FNO4/c9-4-5-3-6-1-2-7(11,12)10(6)8(5,13)14/h4,6,11-14H,1-3H2/b5-4-. The van der Waals surface area contributed by atoms with Crippen LogP contribution in [0, 0.1) is 0 Å². The number of aliphatic hydroxyl groups is 4. The molecule has 0 aromatic carbocycles. The monoisotopic (exact) mass is 205 g/mol. The van der Waals surface area contributed by atoms with E-state index in [0.717, 1.165) is 4.90 Å². The van der Waals surface area contributed by atoms with Crippen LogP contribution in [0.4, 0.5) is 4.39 Å². The topological polar surface area (TPSA) is 84.2 Å². The van der Waals surface area contributed by atoms with Crippen molar-refractivity contribution in [3.05, 3.63) is 11.9 Å². The summed E-state index contributed by atoms with van der Waals surface area (Å²) in [5, 5.41) is 37.9. The number of halogens is 1. The van der Waals surface area contributed by atoms with E-state index < -0.39 is 17.9 Å². The van der Waals surface area contributed by atoms with E-state index in [9.17, 15) is 24.8 Å². The highest BCUT2D eigenvalue weighted by molar-refractivity contribution is 5.20. The van der Waals surface area contributed by atoms with Crippen LogP contribution >= 0.6 is 0 Å². The lowest BCUT2D eigenvalue weighted by atomic mass is 10.1. The van der Waals surface area contributed by atoms with Crippen LogP contribution in [-0.4, -0.2) is 43.2 Å². The number of rotatable bonds is 0. The van der Waals surface area contributed by atoms with Gasteiger partial charge in [-0.2, -0.15) is 4.90 Å². The van der Waals surface area contributed by atoms with Gasteiger partial charge >= 0.3 is 0 Å². The number of fused-ring (bicyclic) bond motifs is 1. The van der Waals surface area contributed by atoms with Gasteiger partial charge in [0.05, 0.1) is 6.33 Å². The fourth-order valence-electron chi connectivity index (χ4n) is 2.26. The minimum atomic E-state index is -2.58. The first-order valence-electron chi connectivity index (χ1n) is 4.38. The van der Waals surface area contributed by atoms with E-state index in [1.54, 1.807) is 0 Å². The Morgan fingerprint density at radius 1 is 1.36 bits per heavy atom. The first kappa shape index (κ1) is 10.0. The third-order valence-electron chi connectivity index (χ3n) is 2.92. The summed E-state index contributed by atoms with van der Waals surface area (Å²) < 4.78 is 12.3. The van der Waals surface area contributed by atoms with Crippen LogP contribution in [0.25, 0.3) is 0 Å². The summed E-state index contributed by atoms with van der Waals surface area (Å²) in [6.45, 7) is 0. The molecule has 0 aliphatic carbocycles. The molecule has 0 spiro atoms. The maximum atomic E-state index is 12.3. The van der Waals surface area contributed by atoms with Gasteiger partial charge in [0.1, 0.15) is 0 Å². The van der Waals surface area contributed by atoms with E-state index in [1.807, 2.05) is 0 Å². The minimum Gasteiger partial charge on any atom is -0.353 e. The first-order valence-corrected chi connectivity index (χ1v) is 4.38. The van der Waals surface area contributed by atoms with Crippen molar-refractivity contribution in [2.24, 2.45) is 0 Å². The second-order valence-electron chi connectivity index (χ2n) is 3.81. The molecule has 0 aromatic heterocycles. The zero-order chi connectivity index (χ0) is 10.6. The summed E-state index contributed by atoms with van der Waals surface area (Å²) in [7, 11) is 0. The summed E-state index contributed by atoms with van der Waals surface area (Å²) in [5.41, 5.74) is -0.241. The van der Waals surface area contributed by atoms with Gasteiger partial charge < -0.3 is 20.4 Å². The molecule has 0 radical (unpaired) electrons. The Balaban J connectivity index is 2.38. The van der Waals surface area contributed by atoms with Crippen LogP contribution < -0.4 is 0 Å². The lowest BCUT2D eigenvalue weighted by molar-refractivity contribution is -0.351. The summed E-state index contributed by atoms with van der Waals surface area (Å²) in [5.74, 6) is -4.85. The van der Waals surface area contributed by atoms with Gasteiger partial charge in [-0.25, -0.2) is 4.39 Å². The Kier molecular flexibility index (Phi) is 1.96. The van der Waals surface area contributed by atoms with Crippen molar-refractivity contribution in [2.75, 3.05) is 0 Å². The van der Waals surface area contributed by atoms with E-state index in [1.165, 1.54) is 0 Å². The zero-order valence-corrected chi connectivity index (χ0v) is 7.39. The quantitative estimate of drug-likeness (QED) is 0.381. The molecular weight excluding hydrogens is 193 g/mol. The van der Waals surface area contributed by atoms with Crippen LogP contribution in [0.3, 0.4) is 0 Å². The van der Waals surface area contributed by atoms with Crippen molar-refractivity contribution in [1.29, 1.82) is 0 Å². The van der Waals surface area contributed by atoms with Crippen LogP contribution in [-0.2, 0) is 0 Å². The Labute approximate surface area is 79.7 Å². The minimum absolute atomic E-state index is 0.0279. The number of hydrogen-bond acceptors (Lipinski definition) is 5. The predicted molar refractivity (Wildman–Crippen MR) is 43.0 cm³/mol. The third-order valence-corrected chi connectivity index (χ3v) is 2.92. The van der Waals surface area contributed by atoms with Crippen molar-refractivity contribution in [1.82, 2.24) is 4.90 Å². The normalized spacial score (nSPS) is 37.8. The highest BCUT2D eigenvalue weighted by atomic mass is 19.1. The summed E-state index contributed by atoms with van der Waals surface area (Å²) in [6.07, 6.45) is 0.633. The van der Waals surface area contributed by atoms with Crippen molar-refractivity contribution in [3.63, 3.8) is 0 Å². The average molecular weight is 205 g/mol. The SMILES string of the molecule is OC1(O)CCC2C/C(=C/F)C(O)(O)N21. The molecule has 0 bridgehead atoms. The largest absolute Gasteiger partial charge is 0.353 e. The van der Waals surface area contributed by atoms with Gasteiger partial charge in [0.2, 0.25) is 5.91 Å². The number of nitrogens with zero attached hydrogens (tertiary/aromatic N) is 1. The predicted octanol–water partition coefficient (Wildman–Crippen LogP) is -1.02. The van der Waals surface area contributed by atoms with Crippen molar-refractivity contribution in [2.45, 2.75) is 37.1 Å². The second kappa shape index (κ2) is 2.74. The fraction of sp³-hybridized carbons (Fsp3) is 0.750. The van der Waals surface area contributed by atoms with Gasteiger partial charge in [-0.15, -0.1) is 0 Å². The average Bonchev–Trinajstić information content (AvgIpc) is 2.49. The molecule has 2 heterocycles. The molecule has 80 valence electrons. The molecule has 1 atom stereocenters. The number of hydrogen-bond donors (Lipinski definition) is 4. The highest BCUT2D eigenvalue weighted by Crippen LogP contribution is 2.46. The Morgan fingerprint density at radius 3 is 2.50 bits per heavy atom. The molecule has 1 unspecified atom stereocenters. The van der Waals surface area contributed by atoms with Crippen LogP contribution in [0.2, 0.25) is 0 Å². The van der Waals surface area contributed by atoms with E-state index in [4.69, 9.17) is 0 Å². The van der Waals surface area contributed by atoms with Gasteiger partial charge in [0.25, 0.3) is 5.91 Å². The molecule has 0 aromatic rings. The van der Waals surface area contributed by atoms with E-state index >= 15 is 0 Å². The molecule has 2 aliphatic heterocycles. The molecule has 2 rings (SSSR count). The van der Waals surface area contributed by atoms with Crippen molar-refractivity contribution >= 4 is 0 Å². The fourth-order valence-corrected chi connectivity index (χ4v) is 2.26. The third kappa shape index (κ3) is 1.12. The molecule has 5 nitrogen and oxygen atoms in total. The van der Waals surface area contributed by atoms with E-state index in [2.05, 4.69) is 0 Å². The molecule has 2 saturated heterocycles. The van der Waals surface area contributed by atoms with E-state index in [-0.39, 0.29) is 24.7 Å². The lowest BCUT2D eigenvalue weighted by Crippen LogP contribution is -2.57. The molecule has 0 amide bonds. The Hall–Kier alpha value is -0.530. The van der Waals surface area contributed by atoms with Gasteiger partial charge in [-0.3, -0.25) is 0 Å². The second-order valence-corrected chi connectivity index (χ2v) is 3.81. The molecule has 2 fully saturated rings. The molecule has 14 heavy (non-hydrogen) atoms. The summed E-state index contributed by atoms with van der Waals surface area (Å²) >= 11 is 0. The molecule has 0 saturated carbocycles. The maximum absolute atomic E-state index is 12.3. The Bertz CT molecular complexity index is 289. The molecule has 6 heteroatoms. The molecular formula is C8H12FNO4. The van der Waals surface area contributed by atoms with Gasteiger partial charge in [0.15, 0.2) is 0 Å². The van der Waals surface area contributed by atoms with Crippen LogP contribution in [0.1, 0.15) is 19.3 Å². The summed E-state index contributed by atoms with van der Waals surface area (Å²) in [4.78, 5) is 0.728. The highest BCUT2D eigenvalue weighted by Gasteiger charge is 2.60. The Morgan fingerprint density at radius 2 is 2.00 bits per heavy atom. The van der Waals surface area contributed by atoms with Crippen LogP contribution in [0.15, 0.2) is 11.9 Å². The van der Waals surface area contributed by atoms with Crippen molar-refractivity contribution < 1.29 is 24.8 Å². The van der Waals surface area contributed by atoms with Crippen LogP contribution in [0.5, 0.6) is 0 Å².